The normalized spacial score (nSPS) is 19.7. The van der Waals surface area contributed by atoms with E-state index in [1.54, 1.807) is 10.8 Å². The van der Waals surface area contributed by atoms with E-state index < -0.39 is 8.07 Å². The van der Waals surface area contributed by atoms with Gasteiger partial charge in [-0.1, -0.05) is 115 Å². The molecule has 2 fully saturated rings. The van der Waals surface area contributed by atoms with Gasteiger partial charge in [-0.2, -0.15) is 9.13 Å². The number of hydrogen-bond acceptors (Lipinski definition) is 2. The second kappa shape index (κ2) is 17.4. The molecule has 284 valence electrons. The van der Waals surface area contributed by atoms with Crippen molar-refractivity contribution in [1.82, 2.24) is 5.32 Å². The Hall–Kier alpha value is -3.44. The van der Waals surface area contributed by atoms with E-state index in [1.807, 2.05) is 0 Å². The molecular weight excluding hydrogens is 663 g/mol. The molecule has 4 nitrogen and oxygen atoms in total. The number of nitrogens with one attached hydrogen (secondary N) is 1. The van der Waals surface area contributed by atoms with E-state index in [0.717, 1.165) is 37.5 Å². The molecule has 5 heteroatoms. The van der Waals surface area contributed by atoms with Gasteiger partial charge >= 0.3 is 0 Å². The maximum Gasteiger partial charge on any atom is 0.249 e. The van der Waals surface area contributed by atoms with E-state index in [1.165, 1.54) is 104 Å². The number of allylic oxidation sites excluding steroid dienone is 2. The minimum absolute atomic E-state index is 0.0437. The third kappa shape index (κ3) is 9.10. The van der Waals surface area contributed by atoms with Crippen LogP contribution in [0.1, 0.15) is 124 Å². The van der Waals surface area contributed by atoms with Gasteiger partial charge in [0.15, 0.2) is 24.0 Å². The molecule has 3 aromatic rings. The fraction of sp³-hybridized carbons (Fsp3) is 0.542. The third-order valence-electron chi connectivity index (χ3n) is 12.9. The van der Waals surface area contributed by atoms with Crippen LogP contribution in [0, 0.1) is 24.7 Å². The zero-order valence-electron chi connectivity index (χ0n) is 34.0. The molecule has 2 saturated carbocycles. The second-order valence-corrected chi connectivity index (χ2v) is 22.8. The zero-order valence-corrected chi connectivity index (χ0v) is 35.0. The van der Waals surface area contributed by atoms with Gasteiger partial charge in [0.05, 0.1) is 14.0 Å². The Morgan fingerprint density at radius 3 is 2.23 bits per heavy atom. The van der Waals surface area contributed by atoms with Gasteiger partial charge in [0.25, 0.3) is 0 Å². The standard InChI is InChI=1S/C48H68N3OSi/c1-9-11-18-39(31-49-36(5)52)25-26-45-43-23-16-17-24-44(43)46-30-40(28-37-19-12-13-20-37)47(53(6,7)8)33-51(46)48(45)35(4)50-32-41(29-38-21-14-15-22-38)34(3)27-42(50)10-2/h11,16-18,23-24,27,30,32-33,37-39,45,48-49H,4-5,9-10,12-15,19-22,25-26,28-29,31H2,1-3,6-8H3/q+1/p+1/b18-11-. The maximum atomic E-state index is 9.96. The summed E-state index contributed by atoms with van der Waals surface area (Å²) < 4.78 is 5.21. The summed E-state index contributed by atoms with van der Waals surface area (Å²) in [6.07, 6.45) is 27.0. The van der Waals surface area contributed by atoms with Crippen LogP contribution in [0.25, 0.3) is 17.0 Å². The molecule has 3 unspecified atom stereocenters. The van der Waals surface area contributed by atoms with E-state index in [9.17, 15) is 5.11 Å². The first-order valence-electron chi connectivity index (χ1n) is 21.2. The van der Waals surface area contributed by atoms with Crippen LogP contribution in [0.3, 0.4) is 0 Å². The minimum Gasteiger partial charge on any atom is -0.495 e. The van der Waals surface area contributed by atoms with Crippen molar-refractivity contribution < 1.29 is 14.2 Å². The van der Waals surface area contributed by atoms with E-state index >= 15 is 0 Å². The highest BCUT2D eigenvalue weighted by atomic mass is 28.3. The van der Waals surface area contributed by atoms with E-state index in [4.69, 9.17) is 6.58 Å². The summed E-state index contributed by atoms with van der Waals surface area (Å²) >= 11 is 0. The number of rotatable bonds is 16. The fourth-order valence-electron chi connectivity index (χ4n) is 9.96. The molecule has 6 rings (SSSR count). The van der Waals surface area contributed by atoms with Crippen molar-refractivity contribution >= 4 is 19.0 Å². The van der Waals surface area contributed by atoms with Crippen LogP contribution in [-0.2, 0) is 19.3 Å². The molecule has 2 N–H and O–H groups in total. The van der Waals surface area contributed by atoms with Crippen molar-refractivity contribution in [3.63, 3.8) is 0 Å². The fourth-order valence-corrected chi connectivity index (χ4v) is 11.6. The van der Waals surface area contributed by atoms with E-state index in [2.05, 4.69) is 122 Å². The predicted octanol–water partition coefficient (Wildman–Crippen LogP) is 10.6. The molecule has 3 heterocycles. The Morgan fingerprint density at radius 1 is 0.943 bits per heavy atom. The number of aliphatic hydroxyl groups is 1. The molecule has 0 bridgehead atoms. The molecule has 0 saturated heterocycles. The summed E-state index contributed by atoms with van der Waals surface area (Å²) in [7, 11) is -1.70. The van der Waals surface area contributed by atoms with Gasteiger partial charge in [-0.3, -0.25) is 0 Å². The maximum absolute atomic E-state index is 9.96. The number of nitrogens with zero attached hydrogens (tertiary/aromatic N) is 2. The van der Waals surface area contributed by atoms with Crippen LogP contribution in [0.4, 0.5) is 0 Å². The second-order valence-electron chi connectivity index (χ2n) is 17.8. The Labute approximate surface area is 323 Å². The summed E-state index contributed by atoms with van der Waals surface area (Å²) in [5, 5.41) is 14.7. The van der Waals surface area contributed by atoms with Crippen molar-refractivity contribution in [3.05, 3.63) is 108 Å². The summed E-state index contributed by atoms with van der Waals surface area (Å²) in [5.74, 6) is 2.17. The van der Waals surface area contributed by atoms with Crippen molar-refractivity contribution in [2.75, 3.05) is 6.54 Å². The van der Waals surface area contributed by atoms with Crippen LogP contribution in [-0.4, -0.2) is 19.7 Å². The zero-order chi connectivity index (χ0) is 37.7. The van der Waals surface area contributed by atoms with Gasteiger partial charge < -0.3 is 10.4 Å². The van der Waals surface area contributed by atoms with Crippen LogP contribution in [0.2, 0.25) is 19.6 Å². The highest BCUT2D eigenvalue weighted by Crippen LogP contribution is 2.44. The van der Waals surface area contributed by atoms with Gasteiger partial charge in [-0.25, -0.2) is 0 Å². The molecule has 0 amide bonds. The molecular formula is C48H69N3OSi+2. The SMILES string of the molecule is C=C(O)NCC(/C=C\CC)CCC1c2ccccc2-c2cc(CC3CCCC3)c([Si](C)(C)C)c[n+]2C1C(=C)[n+]1cc(CC2CCCC2)c(C)cc1CC. The minimum atomic E-state index is -1.70. The lowest BCUT2D eigenvalue weighted by molar-refractivity contribution is -0.729. The van der Waals surface area contributed by atoms with Gasteiger partial charge in [0.1, 0.15) is 0 Å². The first-order chi connectivity index (χ1) is 25.5. The molecule has 0 spiro atoms. The lowest BCUT2D eigenvalue weighted by Gasteiger charge is -2.32. The first kappa shape index (κ1) is 39.3. The van der Waals surface area contributed by atoms with Crippen molar-refractivity contribution in [2.45, 2.75) is 142 Å². The number of aryl methyl sites for hydroxylation is 2. The van der Waals surface area contributed by atoms with Crippen LogP contribution >= 0.6 is 0 Å². The highest BCUT2D eigenvalue weighted by Gasteiger charge is 2.47. The van der Waals surface area contributed by atoms with Gasteiger partial charge in [-0.15, -0.1) is 0 Å². The Balaban J connectivity index is 1.51. The summed E-state index contributed by atoms with van der Waals surface area (Å²) in [6, 6.07) is 14.4. The van der Waals surface area contributed by atoms with Crippen LogP contribution in [0.15, 0.2) is 80.0 Å². The molecule has 2 aliphatic carbocycles. The quantitative estimate of drug-likeness (QED) is 0.0667. The number of aromatic nitrogens is 2. The van der Waals surface area contributed by atoms with Crippen molar-refractivity contribution in [2.24, 2.45) is 17.8 Å². The summed E-state index contributed by atoms with van der Waals surface area (Å²) in [5.41, 5.74) is 11.2. The van der Waals surface area contributed by atoms with Crippen LogP contribution in [0.5, 0.6) is 0 Å². The van der Waals surface area contributed by atoms with E-state index in [0.29, 0.717) is 6.54 Å². The van der Waals surface area contributed by atoms with E-state index in [-0.39, 0.29) is 23.8 Å². The summed E-state index contributed by atoms with van der Waals surface area (Å²) in [6.45, 7) is 23.9. The molecule has 53 heavy (non-hydrogen) atoms. The van der Waals surface area contributed by atoms with Crippen LogP contribution < -0.4 is 19.6 Å². The highest BCUT2D eigenvalue weighted by molar-refractivity contribution is 6.89. The largest absolute Gasteiger partial charge is 0.495 e. The topological polar surface area (TPSA) is 40.0 Å². The monoisotopic (exact) mass is 732 g/mol. The first-order valence-corrected chi connectivity index (χ1v) is 24.7. The molecule has 1 aromatic carbocycles. The third-order valence-corrected chi connectivity index (χ3v) is 14.9. The predicted molar refractivity (Wildman–Crippen MR) is 226 cm³/mol. The lowest BCUT2D eigenvalue weighted by Crippen LogP contribution is -2.57. The molecule has 3 aliphatic rings. The lowest BCUT2D eigenvalue weighted by atomic mass is 9.77. The number of benzene rings is 1. The molecule has 2 aromatic heterocycles. The molecule has 3 atom stereocenters. The van der Waals surface area contributed by atoms with Gasteiger partial charge in [-0.05, 0) is 92.7 Å². The van der Waals surface area contributed by atoms with Gasteiger partial charge in [0, 0.05) is 41.4 Å². The number of aliphatic hydroxyl groups excluding tert-OH is 1. The molecule has 1 aliphatic heterocycles. The number of fused-ring (bicyclic) bond motifs is 3. The summed E-state index contributed by atoms with van der Waals surface area (Å²) in [4.78, 5) is 0. The number of pyridine rings is 2. The average molecular weight is 732 g/mol. The van der Waals surface area contributed by atoms with Crippen molar-refractivity contribution in [1.29, 1.82) is 0 Å². The molecule has 0 radical (unpaired) electrons. The van der Waals surface area contributed by atoms with Crippen molar-refractivity contribution in [3.8, 4) is 11.3 Å². The Bertz CT molecular complexity index is 1790. The Kier molecular flexibility index (Phi) is 12.9. The Morgan fingerprint density at radius 2 is 1.60 bits per heavy atom. The number of hydrogen-bond donors (Lipinski definition) is 2. The smallest absolute Gasteiger partial charge is 0.249 e. The van der Waals surface area contributed by atoms with Gasteiger partial charge in [0.2, 0.25) is 17.4 Å². The average Bonchev–Trinajstić information content (AvgIpc) is 3.86.